The highest BCUT2D eigenvalue weighted by Crippen LogP contribution is 2.31. The van der Waals surface area contributed by atoms with E-state index >= 15 is 0 Å². The minimum atomic E-state index is -0.446. The molecule has 96 valence electrons. The van der Waals surface area contributed by atoms with Crippen molar-refractivity contribution in [2.24, 2.45) is 0 Å². The van der Waals surface area contributed by atoms with Crippen LogP contribution in [0.2, 0.25) is 0 Å². The molecule has 17 heavy (non-hydrogen) atoms. The number of rotatable bonds is 4. The van der Waals surface area contributed by atoms with Crippen LogP contribution in [-0.4, -0.2) is 29.2 Å². The quantitative estimate of drug-likeness (QED) is 0.888. The Kier molecular flexibility index (Phi) is 4.23. The van der Waals surface area contributed by atoms with Crippen LogP contribution in [-0.2, 0) is 0 Å². The molecule has 1 N–H and O–H groups in total. The fourth-order valence-corrected chi connectivity index (χ4v) is 3.56. The van der Waals surface area contributed by atoms with E-state index in [4.69, 9.17) is 0 Å². The van der Waals surface area contributed by atoms with E-state index in [0.29, 0.717) is 6.04 Å². The first-order valence-electron chi connectivity index (χ1n) is 6.57. The van der Waals surface area contributed by atoms with E-state index in [2.05, 4.69) is 36.4 Å². The minimum Gasteiger partial charge on any atom is -0.389 e. The molecule has 1 aliphatic carbocycles. The van der Waals surface area contributed by atoms with Crippen molar-refractivity contribution in [3.05, 3.63) is 22.4 Å². The van der Waals surface area contributed by atoms with Crippen molar-refractivity contribution in [2.45, 2.75) is 50.7 Å². The fourth-order valence-electron chi connectivity index (χ4n) is 2.72. The summed E-state index contributed by atoms with van der Waals surface area (Å²) in [6, 6.07) is 4.68. The molecule has 0 bridgehead atoms. The summed E-state index contributed by atoms with van der Waals surface area (Å²) < 4.78 is 0. The van der Waals surface area contributed by atoms with E-state index in [0.717, 1.165) is 19.4 Å². The van der Waals surface area contributed by atoms with Crippen molar-refractivity contribution in [1.82, 2.24) is 4.90 Å². The Bertz CT molecular complexity index is 330. The highest BCUT2D eigenvalue weighted by atomic mass is 32.1. The lowest BCUT2D eigenvalue weighted by molar-refractivity contribution is -0.0278. The number of hydrogen-bond donors (Lipinski definition) is 1. The Hall–Kier alpha value is -0.380. The van der Waals surface area contributed by atoms with Crippen LogP contribution in [0.5, 0.6) is 0 Å². The van der Waals surface area contributed by atoms with Crippen LogP contribution in [0.3, 0.4) is 0 Å². The zero-order valence-electron chi connectivity index (χ0n) is 10.9. The second-order valence-corrected chi connectivity index (χ2v) is 6.37. The Morgan fingerprint density at radius 1 is 1.41 bits per heavy atom. The van der Waals surface area contributed by atoms with Gasteiger partial charge in [-0.25, -0.2) is 0 Å². The molecule has 0 radical (unpaired) electrons. The standard InChI is InChI=1S/C14H23NOS/c1-12(13-7-6-10-17-13)15(2)11-14(16)8-4-3-5-9-14/h6-7,10,12,16H,3-5,8-9,11H2,1-2H3. The van der Waals surface area contributed by atoms with E-state index < -0.39 is 5.60 Å². The maximum Gasteiger partial charge on any atom is 0.0774 e. The van der Waals surface area contributed by atoms with Crippen molar-refractivity contribution in [3.63, 3.8) is 0 Å². The number of thiophene rings is 1. The molecular formula is C14H23NOS. The van der Waals surface area contributed by atoms with Gasteiger partial charge in [-0.15, -0.1) is 11.3 Å². The summed E-state index contributed by atoms with van der Waals surface area (Å²) in [4.78, 5) is 3.67. The zero-order valence-corrected chi connectivity index (χ0v) is 11.7. The third-order valence-corrected chi connectivity index (χ3v) is 4.99. The summed E-state index contributed by atoms with van der Waals surface area (Å²) in [6.07, 6.45) is 5.57. The van der Waals surface area contributed by atoms with E-state index in [-0.39, 0.29) is 0 Å². The SMILES string of the molecule is CC(c1cccs1)N(C)CC1(O)CCCCC1. The third kappa shape index (κ3) is 3.30. The fraction of sp³-hybridized carbons (Fsp3) is 0.714. The van der Waals surface area contributed by atoms with Crippen molar-refractivity contribution >= 4 is 11.3 Å². The molecule has 0 aromatic carbocycles. The minimum absolute atomic E-state index is 0.404. The Morgan fingerprint density at radius 3 is 2.71 bits per heavy atom. The highest BCUT2D eigenvalue weighted by Gasteiger charge is 2.31. The summed E-state index contributed by atoms with van der Waals surface area (Å²) in [6.45, 7) is 3.02. The lowest BCUT2D eigenvalue weighted by atomic mass is 9.84. The van der Waals surface area contributed by atoms with Crippen LogP contribution in [0, 0.1) is 0 Å². The van der Waals surface area contributed by atoms with Gasteiger partial charge in [-0.1, -0.05) is 25.3 Å². The van der Waals surface area contributed by atoms with Gasteiger partial charge in [-0.3, -0.25) is 4.90 Å². The molecule has 1 fully saturated rings. The van der Waals surface area contributed by atoms with E-state index in [1.165, 1.54) is 24.1 Å². The summed E-state index contributed by atoms with van der Waals surface area (Å²) in [5.41, 5.74) is -0.446. The number of aliphatic hydroxyl groups is 1. The Morgan fingerprint density at radius 2 is 2.12 bits per heavy atom. The van der Waals surface area contributed by atoms with Gasteiger partial charge in [0.25, 0.3) is 0 Å². The first-order valence-corrected chi connectivity index (χ1v) is 7.45. The highest BCUT2D eigenvalue weighted by molar-refractivity contribution is 7.10. The first kappa shape index (κ1) is 13.1. The smallest absolute Gasteiger partial charge is 0.0774 e. The number of likely N-dealkylation sites (N-methyl/N-ethyl adjacent to an activating group) is 1. The monoisotopic (exact) mass is 253 g/mol. The van der Waals surface area contributed by atoms with Gasteiger partial charge < -0.3 is 5.11 Å². The van der Waals surface area contributed by atoms with Gasteiger partial charge >= 0.3 is 0 Å². The van der Waals surface area contributed by atoms with Crippen LogP contribution in [0.25, 0.3) is 0 Å². The summed E-state index contributed by atoms with van der Waals surface area (Å²) in [5.74, 6) is 0. The van der Waals surface area contributed by atoms with E-state index in [1.54, 1.807) is 11.3 Å². The van der Waals surface area contributed by atoms with Crippen LogP contribution >= 0.6 is 11.3 Å². The van der Waals surface area contributed by atoms with Gasteiger partial charge in [0.1, 0.15) is 0 Å². The average molecular weight is 253 g/mol. The molecule has 1 saturated carbocycles. The molecule has 1 aliphatic rings. The van der Waals surface area contributed by atoms with Gasteiger partial charge in [-0.2, -0.15) is 0 Å². The molecule has 2 rings (SSSR count). The topological polar surface area (TPSA) is 23.5 Å². The molecular weight excluding hydrogens is 230 g/mol. The van der Waals surface area contributed by atoms with Crippen LogP contribution in [0.4, 0.5) is 0 Å². The lowest BCUT2D eigenvalue weighted by Gasteiger charge is -2.37. The predicted molar refractivity (Wildman–Crippen MR) is 73.4 cm³/mol. The van der Waals surface area contributed by atoms with Crippen molar-refractivity contribution in [2.75, 3.05) is 13.6 Å². The van der Waals surface area contributed by atoms with Crippen molar-refractivity contribution in [1.29, 1.82) is 0 Å². The summed E-state index contributed by atoms with van der Waals surface area (Å²) in [7, 11) is 2.12. The van der Waals surface area contributed by atoms with Crippen LogP contribution in [0.15, 0.2) is 17.5 Å². The van der Waals surface area contributed by atoms with Crippen molar-refractivity contribution < 1.29 is 5.11 Å². The van der Waals surface area contributed by atoms with Crippen LogP contribution < -0.4 is 0 Å². The molecule has 2 nitrogen and oxygen atoms in total. The zero-order chi connectivity index (χ0) is 12.3. The lowest BCUT2D eigenvalue weighted by Crippen LogP contribution is -2.43. The molecule has 0 aliphatic heterocycles. The summed E-state index contributed by atoms with van der Waals surface area (Å²) >= 11 is 1.80. The molecule has 1 heterocycles. The van der Waals surface area contributed by atoms with Gasteiger partial charge in [0, 0.05) is 17.5 Å². The second kappa shape index (κ2) is 5.51. The summed E-state index contributed by atoms with van der Waals surface area (Å²) in [5, 5.41) is 12.7. The molecule has 1 aromatic heterocycles. The van der Waals surface area contributed by atoms with Gasteiger partial charge in [0.15, 0.2) is 0 Å². The molecule has 0 spiro atoms. The van der Waals surface area contributed by atoms with Gasteiger partial charge in [0.05, 0.1) is 5.60 Å². The number of nitrogens with zero attached hydrogens (tertiary/aromatic N) is 1. The maximum absolute atomic E-state index is 10.5. The van der Waals surface area contributed by atoms with Crippen LogP contribution in [0.1, 0.15) is 49.9 Å². The largest absolute Gasteiger partial charge is 0.389 e. The van der Waals surface area contributed by atoms with E-state index in [9.17, 15) is 5.11 Å². The van der Waals surface area contributed by atoms with Crippen molar-refractivity contribution in [3.8, 4) is 0 Å². The van der Waals surface area contributed by atoms with E-state index in [1.807, 2.05) is 0 Å². The third-order valence-electron chi connectivity index (χ3n) is 3.94. The maximum atomic E-state index is 10.5. The Balaban J connectivity index is 1.93. The second-order valence-electron chi connectivity index (χ2n) is 5.39. The first-order chi connectivity index (χ1) is 8.11. The molecule has 0 saturated heterocycles. The molecule has 0 amide bonds. The normalized spacial score (nSPS) is 21.6. The number of hydrogen-bond acceptors (Lipinski definition) is 3. The molecule has 3 heteroatoms. The van der Waals surface area contributed by atoms with Gasteiger partial charge in [-0.05, 0) is 38.3 Å². The molecule has 1 unspecified atom stereocenters. The molecule has 1 atom stereocenters. The van der Waals surface area contributed by atoms with Gasteiger partial charge in [0.2, 0.25) is 0 Å². The Labute approximate surface area is 108 Å². The average Bonchev–Trinajstić information content (AvgIpc) is 2.81. The predicted octanol–water partition coefficient (Wildman–Crippen LogP) is 3.44. The molecule has 1 aromatic rings.